The maximum atomic E-state index is 13.2. The van der Waals surface area contributed by atoms with Crippen LogP contribution in [0.25, 0.3) is 0 Å². The van der Waals surface area contributed by atoms with Crippen molar-refractivity contribution in [1.82, 2.24) is 0 Å². The highest BCUT2D eigenvalue weighted by Gasteiger charge is 2.22. The van der Waals surface area contributed by atoms with Crippen LogP contribution in [0, 0.1) is 6.92 Å². The molecule has 5 heteroatoms. The number of ether oxygens (including phenoxy) is 2. The average Bonchev–Trinajstić information content (AvgIpc) is 2.73. The first-order valence-electron chi connectivity index (χ1n) is 9.01. The first-order valence-corrected chi connectivity index (χ1v) is 9.01. The molecule has 3 aromatic carbocycles. The van der Waals surface area contributed by atoms with Crippen LogP contribution in [0.1, 0.15) is 17.2 Å². The van der Waals surface area contributed by atoms with Gasteiger partial charge in [0.2, 0.25) is 0 Å². The lowest BCUT2D eigenvalue weighted by Crippen LogP contribution is -2.27. The smallest absolute Gasteiger partial charge is 0.251 e. The number of hydrogen-bond acceptors (Lipinski definition) is 4. The van der Waals surface area contributed by atoms with E-state index < -0.39 is 6.04 Å². The van der Waals surface area contributed by atoms with Gasteiger partial charge in [0.25, 0.3) is 5.91 Å². The van der Waals surface area contributed by atoms with Crippen LogP contribution in [0.4, 0.5) is 11.4 Å². The van der Waals surface area contributed by atoms with Crippen LogP contribution in [0.15, 0.2) is 72.8 Å². The fraction of sp³-hybridized carbons (Fsp3) is 0.174. The summed E-state index contributed by atoms with van der Waals surface area (Å²) < 4.78 is 10.6. The van der Waals surface area contributed by atoms with Gasteiger partial charge in [-0.2, -0.15) is 0 Å². The van der Waals surface area contributed by atoms with Crippen molar-refractivity contribution >= 4 is 17.3 Å². The molecule has 2 N–H and O–H groups in total. The normalized spacial score (nSPS) is 11.4. The highest BCUT2D eigenvalue weighted by Crippen LogP contribution is 2.28. The van der Waals surface area contributed by atoms with Crippen LogP contribution in [0.5, 0.6) is 11.5 Å². The average molecular weight is 376 g/mol. The van der Waals surface area contributed by atoms with Crippen LogP contribution in [-0.4, -0.2) is 20.1 Å². The molecule has 1 atom stereocenters. The Morgan fingerprint density at radius 3 is 2.25 bits per heavy atom. The minimum Gasteiger partial charge on any atom is -0.497 e. The lowest BCUT2D eigenvalue weighted by molar-refractivity contribution is -0.117. The number of carbonyl (C=O) groups excluding carboxylic acids is 1. The van der Waals surface area contributed by atoms with Crippen LogP contribution >= 0.6 is 0 Å². The van der Waals surface area contributed by atoms with Gasteiger partial charge in [-0.25, -0.2) is 0 Å². The molecule has 0 aliphatic carbocycles. The van der Waals surface area contributed by atoms with Gasteiger partial charge in [-0.15, -0.1) is 0 Å². The van der Waals surface area contributed by atoms with E-state index in [9.17, 15) is 4.79 Å². The molecule has 0 saturated heterocycles. The van der Waals surface area contributed by atoms with E-state index in [1.165, 1.54) is 0 Å². The first-order chi connectivity index (χ1) is 13.6. The zero-order valence-corrected chi connectivity index (χ0v) is 16.2. The van der Waals surface area contributed by atoms with Gasteiger partial charge in [-0.05, 0) is 54.4 Å². The summed E-state index contributed by atoms with van der Waals surface area (Å²) in [4.78, 5) is 13.2. The molecule has 1 amide bonds. The lowest BCUT2D eigenvalue weighted by Gasteiger charge is -2.21. The monoisotopic (exact) mass is 376 g/mol. The Kier molecular flexibility index (Phi) is 6.17. The molecular weight excluding hydrogens is 352 g/mol. The van der Waals surface area contributed by atoms with Crippen molar-refractivity contribution in [3.8, 4) is 11.5 Å². The summed E-state index contributed by atoms with van der Waals surface area (Å²) in [5.41, 5.74) is 3.36. The molecule has 3 aromatic rings. The van der Waals surface area contributed by atoms with Crippen molar-refractivity contribution in [2.24, 2.45) is 0 Å². The summed E-state index contributed by atoms with van der Waals surface area (Å²) in [6.45, 7) is 1.97. The Morgan fingerprint density at radius 2 is 1.61 bits per heavy atom. The van der Waals surface area contributed by atoms with Gasteiger partial charge in [0.1, 0.15) is 17.5 Å². The van der Waals surface area contributed by atoms with Crippen LogP contribution in [-0.2, 0) is 4.79 Å². The number of hydrogen-bond donors (Lipinski definition) is 2. The summed E-state index contributed by atoms with van der Waals surface area (Å²) >= 11 is 0. The Labute approximate surface area is 165 Å². The molecule has 0 bridgehead atoms. The number of aryl methyl sites for hydroxylation is 1. The van der Waals surface area contributed by atoms with E-state index in [1.54, 1.807) is 14.2 Å². The number of anilines is 2. The van der Waals surface area contributed by atoms with E-state index in [-0.39, 0.29) is 5.91 Å². The number of benzene rings is 3. The molecule has 3 rings (SSSR count). The van der Waals surface area contributed by atoms with Crippen molar-refractivity contribution in [1.29, 1.82) is 0 Å². The van der Waals surface area contributed by atoms with Crippen molar-refractivity contribution in [2.45, 2.75) is 13.0 Å². The summed E-state index contributed by atoms with van der Waals surface area (Å²) in [6, 6.07) is 22.2. The molecule has 0 aliphatic rings. The van der Waals surface area contributed by atoms with Gasteiger partial charge in [-0.3, -0.25) is 4.79 Å². The van der Waals surface area contributed by atoms with Gasteiger partial charge in [0.05, 0.1) is 19.9 Å². The summed E-state index contributed by atoms with van der Waals surface area (Å²) in [6.07, 6.45) is 0. The second kappa shape index (κ2) is 8.95. The van der Waals surface area contributed by atoms with E-state index in [4.69, 9.17) is 9.47 Å². The third kappa shape index (κ3) is 4.62. The third-order valence-electron chi connectivity index (χ3n) is 4.41. The number of methoxy groups -OCH3 is 2. The molecular formula is C23H24N2O3. The predicted octanol–water partition coefficient (Wildman–Crippen LogP) is 4.80. The molecule has 0 fully saturated rings. The first kappa shape index (κ1) is 19.3. The second-order valence-corrected chi connectivity index (χ2v) is 6.41. The zero-order valence-electron chi connectivity index (χ0n) is 16.2. The van der Waals surface area contributed by atoms with Gasteiger partial charge in [0, 0.05) is 5.69 Å². The summed E-state index contributed by atoms with van der Waals surface area (Å²) in [5.74, 6) is 1.21. The highest BCUT2D eigenvalue weighted by atomic mass is 16.5. The van der Waals surface area contributed by atoms with E-state index in [1.807, 2.05) is 79.7 Å². The lowest BCUT2D eigenvalue weighted by atomic mass is 10.1. The number of nitrogens with one attached hydrogen (secondary N) is 2. The number of rotatable bonds is 7. The van der Waals surface area contributed by atoms with Crippen molar-refractivity contribution in [3.63, 3.8) is 0 Å². The number of carbonyl (C=O) groups is 1. The van der Waals surface area contributed by atoms with Crippen molar-refractivity contribution in [2.75, 3.05) is 24.9 Å². The molecule has 0 unspecified atom stereocenters. The van der Waals surface area contributed by atoms with Crippen LogP contribution in [0.3, 0.4) is 0 Å². The van der Waals surface area contributed by atoms with Gasteiger partial charge in [-0.1, -0.05) is 36.4 Å². The molecule has 5 nitrogen and oxygen atoms in total. The van der Waals surface area contributed by atoms with Gasteiger partial charge < -0.3 is 20.1 Å². The van der Waals surface area contributed by atoms with Crippen molar-refractivity contribution in [3.05, 3.63) is 83.9 Å². The minimum absolute atomic E-state index is 0.175. The summed E-state index contributed by atoms with van der Waals surface area (Å²) in [7, 11) is 3.21. The fourth-order valence-electron chi connectivity index (χ4n) is 2.92. The van der Waals surface area contributed by atoms with E-state index in [0.29, 0.717) is 11.4 Å². The Balaban J connectivity index is 1.88. The SMILES string of the molecule is COc1ccc(N[C@H](C(=O)Nc2cc(C)ccc2OC)c2ccccc2)cc1. The fourth-order valence-corrected chi connectivity index (χ4v) is 2.92. The van der Waals surface area contributed by atoms with Crippen molar-refractivity contribution < 1.29 is 14.3 Å². The molecule has 0 heterocycles. The number of amides is 1. The Morgan fingerprint density at radius 1 is 0.893 bits per heavy atom. The molecule has 0 saturated carbocycles. The molecule has 28 heavy (non-hydrogen) atoms. The quantitative estimate of drug-likeness (QED) is 0.622. The molecule has 0 radical (unpaired) electrons. The van der Waals surface area contributed by atoms with E-state index in [0.717, 1.165) is 22.6 Å². The molecule has 0 aromatic heterocycles. The van der Waals surface area contributed by atoms with E-state index in [2.05, 4.69) is 10.6 Å². The Hall–Kier alpha value is -3.47. The topological polar surface area (TPSA) is 59.6 Å². The van der Waals surface area contributed by atoms with E-state index >= 15 is 0 Å². The maximum Gasteiger partial charge on any atom is 0.251 e. The molecule has 0 aliphatic heterocycles. The largest absolute Gasteiger partial charge is 0.497 e. The third-order valence-corrected chi connectivity index (χ3v) is 4.41. The van der Waals surface area contributed by atoms with Gasteiger partial charge in [0.15, 0.2) is 0 Å². The molecule has 0 spiro atoms. The summed E-state index contributed by atoms with van der Waals surface area (Å²) in [5, 5.41) is 6.30. The standard InChI is InChI=1S/C23H24N2O3/c1-16-9-14-21(28-3)20(15-16)25-23(26)22(17-7-5-4-6-8-17)24-18-10-12-19(27-2)13-11-18/h4-15,22,24H,1-3H3,(H,25,26)/t22-/m0/s1. The second-order valence-electron chi connectivity index (χ2n) is 6.41. The minimum atomic E-state index is -0.570. The maximum absolute atomic E-state index is 13.2. The van der Waals surface area contributed by atoms with Crippen LogP contribution in [0.2, 0.25) is 0 Å². The molecule has 144 valence electrons. The Bertz CT molecular complexity index is 924. The van der Waals surface area contributed by atoms with Crippen LogP contribution < -0.4 is 20.1 Å². The van der Waals surface area contributed by atoms with Gasteiger partial charge >= 0.3 is 0 Å². The highest BCUT2D eigenvalue weighted by molar-refractivity contribution is 5.98. The predicted molar refractivity (Wildman–Crippen MR) is 112 cm³/mol. The zero-order chi connectivity index (χ0) is 19.9.